The van der Waals surface area contributed by atoms with E-state index in [2.05, 4.69) is 38.3 Å². The number of hydrogen-bond acceptors (Lipinski definition) is 4. The van der Waals surface area contributed by atoms with Crippen LogP contribution < -0.4 is 10.6 Å². The molecule has 4 heteroatoms. The van der Waals surface area contributed by atoms with Crippen LogP contribution in [0.4, 0.5) is 0 Å². The third kappa shape index (κ3) is 5.80. The number of hydrogen-bond donors (Lipinski definition) is 2. The van der Waals surface area contributed by atoms with E-state index in [1.165, 1.54) is 0 Å². The van der Waals surface area contributed by atoms with E-state index in [1.807, 2.05) is 0 Å². The maximum atomic E-state index is 5.23. The van der Waals surface area contributed by atoms with Crippen LogP contribution >= 0.6 is 0 Å². The van der Waals surface area contributed by atoms with Gasteiger partial charge in [-0.15, -0.1) is 0 Å². The van der Waals surface area contributed by atoms with Crippen molar-refractivity contribution < 1.29 is 9.47 Å². The highest BCUT2D eigenvalue weighted by Crippen LogP contribution is 1.97. The molecule has 0 aromatic carbocycles. The van der Waals surface area contributed by atoms with Crippen LogP contribution in [0.5, 0.6) is 0 Å². The van der Waals surface area contributed by atoms with Gasteiger partial charge in [0.15, 0.2) is 0 Å². The van der Waals surface area contributed by atoms with Gasteiger partial charge in [0.25, 0.3) is 0 Å². The number of rotatable bonds is 0. The molecule has 0 spiro atoms. The van der Waals surface area contributed by atoms with Gasteiger partial charge in [-0.2, -0.15) is 0 Å². The SMILES string of the molecule is C[C@@H]1COC[C@H](C)N1.C[C@@H]1COC[C@H](C)N1. The molecule has 16 heavy (non-hydrogen) atoms. The molecule has 2 heterocycles. The molecule has 0 amide bonds. The summed E-state index contributed by atoms with van der Waals surface area (Å²) >= 11 is 0. The Morgan fingerprint density at radius 1 is 0.625 bits per heavy atom. The zero-order valence-corrected chi connectivity index (χ0v) is 11.0. The van der Waals surface area contributed by atoms with Gasteiger partial charge in [0.1, 0.15) is 0 Å². The lowest BCUT2D eigenvalue weighted by Gasteiger charge is -2.25. The molecule has 2 aliphatic rings. The molecule has 4 nitrogen and oxygen atoms in total. The summed E-state index contributed by atoms with van der Waals surface area (Å²) in [4.78, 5) is 0. The summed E-state index contributed by atoms with van der Waals surface area (Å²) in [6.45, 7) is 12.0. The molecule has 0 radical (unpaired) electrons. The molecule has 0 aliphatic carbocycles. The number of nitrogens with one attached hydrogen (secondary N) is 2. The molecular formula is C12H26N2O2. The minimum absolute atomic E-state index is 0.541. The predicted octanol–water partition coefficient (Wildman–Crippen LogP) is 0.766. The highest BCUT2D eigenvalue weighted by Gasteiger charge is 2.13. The first-order valence-electron chi connectivity index (χ1n) is 6.25. The van der Waals surface area contributed by atoms with Crippen molar-refractivity contribution in [2.45, 2.75) is 51.9 Å². The molecule has 0 aromatic heterocycles. The second-order valence-corrected chi connectivity index (χ2v) is 5.01. The standard InChI is InChI=1S/2C6H13NO/c2*1-5-3-8-4-6(2)7-5/h2*5-7H,3-4H2,1-2H3/t2*5-,6+. The predicted molar refractivity (Wildman–Crippen MR) is 65.8 cm³/mol. The average Bonchev–Trinajstić information content (AvgIpc) is 2.17. The third-order valence-electron chi connectivity index (χ3n) is 2.61. The normalized spacial score (nSPS) is 39.8. The summed E-state index contributed by atoms with van der Waals surface area (Å²) in [5.74, 6) is 0. The van der Waals surface area contributed by atoms with Gasteiger partial charge < -0.3 is 20.1 Å². The fourth-order valence-corrected chi connectivity index (χ4v) is 2.01. The molecule has 0 unspecified atom stereocenters. The quantitative estimate of drug-likeness (QED) is 0.645. The molecule has 2 aliphatic heterocycles. The lowest BCUT2D eigenvalue weighted by atomic mass is 10.2. The van der Waals surface area contributed by atoms with Gasteiger partial charge in [-0.3, -0.25) is 0 Å². The topological polar surface area (TPSA) is 42.5 Å². The Bertz CT molecular complexity index is 154. The fraction of sp³-hybridized carbons (Fsp3) is 1.00. The van der Waals surface area contributed by atoms with E-state index in [0.29, 0.717) is 24.2 Å². The number of morpholine rings is 2. The first-order chi connectivity index (χ1) is 7.58. The van der Waals surface area contributed by atoms with Crippen LogP contribution in [0.3, 0.4) is 0 Å². The van der Waals surface area contributed by atoms with Gasteiger partial charge in [0, 0.05) is 24.2 Å². The van der Waals surface area contributed by atoms with E-state index in [-0.39, 0.29) is 0 Å². The summed E-state index contributed by atoms with van der Waals surface area (Å²) < 4.78 is 10.5. The van der Waals surface area contributed by atoms with E-state index in [9.17, 15) is 0 Å². The summed E-state index contributed by atoms with van der Waals surface area (Å²) in [6, 6.07) is 2.16. The Kier molecular flexibility index (Phi) is 6.28. The van der Waals surface area contributed by atoms with E-state index in [0.717, 1.165) is 26.4 Å². The van der Waals surface area contributed by atoms with E-state index in [1.54, 1.807) is 0 Å². The van der Waals surface area contributed by atoms with Crippen LogP contribution in [0.25, 0.3) is 0 Å². The first kappa shape index (κ1) is 13.9. The van der Waals surface area contributed by atoms with Crippen molar-refractivity contribution in [1.82, 2.24) is 10.6 Å². The van der Waals surface area contributed by atoms with Crippen molar-refractivity contribution in [3.63, 3.8) is 0 Å². The zero-order chi connectivity index (χ0) is 12.0. The molecular weight excluding hydrogens is 204 g/mol. The van der Waals surface area contributed by atoms with Gasteiger partial charge in [-0.25, -0.2) is 0 Å². The van der Waals surface area contributed by atoms with Crippen LogP contribution in [0.1, 0.15) is 27.7 Å². The van der Waals surface area contributed by atoms with E-state index in [4.69, 9.17) is 9.47 Å². The van der Waals surface area contributed by atoms with Crippen LogP contribution in [0, 0.1) is 0 Å². The Morgan fingerprint density at radius 2 is 0.875 bits per heavy atom. The molecule has 96 valence electrons. The zero-order valence-electron chi connectivity index (χ0n) is 11.0. The number of ether oxygens (including phenoxy) is 2. The average molecular weight is 230 g/mol. The molecule has 4 atom stereocenters. The van der Waals surface area contributed by atoms with Gasteiger partial charge in [0.2, 0.25) is 0 Å². The second-order valence-electron chi connectivity index (χ2n) is 5.01. The lowest BCUT2D eigenvalue weighted by Crippen LogP contribution is -2.45. The summed E-state index contributed by atoms with van der Waals surface area (Å²) in [5, 5.41) is 6.71. The lowest BCUT2D eigenvalue weighted by molar-refractivity contribution is 0.0560. The smallest absolute Gasteiger partial charge is 0.0617 e. The molecule has 0 bridgehead atoms. The van der Waals surface area contributed by atoms with Crippen molar-refractivity contribution >= 4 is 0 Å². The van der Waals surface area contributed by atoms with Crippen molar-refractivity contribution in [2.24, 2.45) is 0 Å². The second kappa shape index (κ2) is 7.22. The van der Waals surface area contributed by atoms with Gasteiger partial charge in [-0.1, -0.05) is 0 Å². The summed E-state index contributed by atoms with van der Waals surface area (Å²) in [6.07, 6.45) is 0. The Labute approximate surface area is 99.1 Å². The Balaban J connectivity index is 0.000000160. The maximum Gasteiger partial charge on any atom is 0.0617 e. The monoisotopic (exact) mass is 230 g/mol. The molecule has 0 saturated carbocycles. The highest BCUT2D eigenvalue weighted by atomic mass is 16.5. The van der Waals surface area contributed by atoms with Crippen LogP contribution in [-0.2, 0) is 9.47 Å². The van der Waals surface area contributed by atoms with Gasteiger partial charge in [0.05, 0.1) is 26.4 Å². The van der Waals surface area contributed by atoms with Crippen molar-refractivity contribution in [2.75, 3.05) is 26.4 Å². The molecule has 2 N–H and O–H groups in total. The molecule has 2 fully saturated rings. The molecule has 2 rings (SSSR count). The maximum absolute atomic E-state index is 5.23. The van der Waals surface area contributed by atoms with Crippen LogP contribution in [0.15, 0.2) is 0 Å². The fourth-order valence-electron chi connectivity index (χ4n) is 2.01. The molecule has 0 aromatic rings. The van der Waals surface area contributed by atoms with Crippen LogP contribution in [0.2, 0.25) is 0 Å². The third-order valence-corrected chi connectivity index (χ3v) is 2.61. The highest BCUT2D eigenvalue weighted by molar-refractivity contribution is 4.71. The van der Waals surface area contributed by atoms with Crippen molar-refractivity contribution in [1.29, 1.82) is 0 Å². The Morgan fingerprint density at radius 3 is 1.00 bits per heavy atom. The minimum Gasteiger partial charge on any atom is -0.378 e. The van der Waals surface area contributed by atoms with Crippen molar-refractivity contribution in [3.8, 4) is 0 Å². The molecule has 2 saturated heterocycles. The van der Waals surface area contributed by atoms with E-state index >= 15 is 0 Å². The van der Waals surface area contributed by atoms with E-state index < -0.39 is 0 Å². The van der Waals surface area contributed by atoms with Gasteiger partial charge >= 0.3 is 0 Å². The largest absolute Gasteiger partial charge is 0.378 e. The van der Waals surface area contributed by atoms with Crippen molar-refractivity contribution in [3.05, 3.63) is 0 Å². The minimum atomic E-state index is 0.541. The van der Waals surface area contributed by atoms with Crippen LogP contribution in [-0.4, -0.2) is 50.6 Å². The first-order valence-corrected chi connectivity index (χ1v) is 6.25. The summed E-state index contributed by atoms with van der Waals surface area (Å²) in [7, 11) is 0. The Hall–Kier alpha value is -0.160. The van der Waals surface area contributed by atoms with Gasteiger partial charge in [-0.05, 0) is 27.7 Å². The summed E-state index contributed by atoms with van der Waals surface area (Å²) in [5.41, 5.74) is 0.